The van der Waals surface area contributed by atoms with E-state index < -0.39 is 23.7 Å². The van der Waals surface area contributed by atoms with Gasteiger partial charge in [-0.3, -0.25) is 14.9 Å². The van der Waals surface area contributed by atoms with Crippen molar-refractivity contribution in [1.29, 1.82) is 0 Å². The quantitative estimate of drug-likeness (QED) is 0.601. The monoisotopic (exact) mass is 411 g/mol. The minimum Gasteiger partial charge on any atom is -0.426 e. The number of aromatic nitrogens is 2. The maximum atomic E-state index is 12.7. The van der Waals surface area contributed by atoms with Gasteiger partial charge in [0.15, 0.2) is 5.69 Å². The van der Waals surface area contributed by atoms with E-state index in [9.17, 15) is 22.8 Å². The molecular formula is C19H20F3N3O4. The molecule has 1 unspecified atom stereocenters. The van der Waals surface area contributed by atoms with E-state index in [1.165, 1.54) is 31.3 Å². The largest absolute Gasteiger partial charge is 0.434 e. The molecule has 1 fully saturated rings. The van der Waals surface area contributed by atoms with Crippen molar-refractivity contribution in [2.24, 2.45) is 7.05 Å². The van der Waals surface area contributed by atoms with Crippen LogP contribution in [0.3, 0.4) is 0 Å². The second kappa shape index (κ2) is 8.64. The number of hydrogen-bond acceptors (Lipinski definition) is 5. The fraction of sp³-hybridized carbons (Fsp3) is 0.421. The fourth-order valence-corrected chi connectivity index (χ4v) is 2.92. The molecule has 10 heteroatoms. The zero-order valence-electron chi connectivity index (χ0n) is 15.7. The van der Waals surface area contributed by atoms with Crippen LogP contribution < -0.4 is 10.1 Å². The highest BCUT2D eigenvalue weighted by Gasteiger charge is 2.34. The molecule has 1 aliphatic rings. The minimum absolute atomic E-state index is 0.112. The third-order valence-corrected chi connectivity index (χ3v) is 4.39. The fourth-order valence-electron chi connectivity index (χ4n) is 2.92. The van der Waals surface area contributed by atoms with E-state index in [0.29, 0.717) is 6.61 Å². The first-order valence-electron chi connectivity index (χ1n) is 9.06. The van der Waals surface area contributed by atoms with E-state index in [4.69, 9.17) is 9.47 Å². The van der Waals surface area contributed by atoms with Gasteiger partial charge >= 0.3 is 12.1 Å². The van der Waals surface area contributed by atoms with Crippen molar-refractivity contribution in [2.45, 2.75) is 38.0 Å². The average molecular weight is 411 g/mol. The standard InChI is InChI=1S/C19H20F3N3O4/c1-25-11-15(19(20,21)22)23-18(25)24-17(27)12-5-4-7-14(9-12)29-16(26)10-13-6-2-3-8-28-13/h4-5,7,9,11,13H,2-3,6,8,10H2,1H3,(H,23,24,27). The number of nitrogens with one attached hydrogen (secondary N) is 1. The lowest BCUT2D eigenvalue weighted by atomic mass is 10.1. The van der Waals surface area contributed by atoms with Gasteiger partial charge in [-0.1, -0.05) is 6.07 Å². The SMILES string of the molecule is Cn1cc(C(F)(F)F)nc1NC(=O)c1cccc(OC(=O)CC2CCCCO2)c1. The van der Waals surface area contributed by atoms with Gasteiger partial charge in [-0.05, 0) is 37.5 Å². The van der Waals surface area contributed by atoms with Gasteiger partial charge in [0.05, 0.1) is 12.5 Å². The first-order chi connectivity index (χ1) is 13.7. The number of amides is 1. The van der Waals surface area contributed by atoms with Gasteiger partial charge in [0.1, 0.15) is 5.75 Å². The third kappa shape index (κ3) is 5.57. The molecule has 156 valence electrons. The number of imidazole rings is 1. The summed E-state index contributed by atoms with van der Waals surface area (Å²) in [6.07, 6.45) is -1.13. The predicted octanol–water partition coefficient (Wildman–Crippen LogP) is 3.56. The van der Waals surface area contributed by atoms with Crippen molar-refractivity contribution in [3.63, 3.8) is 0 Å². The number of rotatable bonds is 5. The van der Waals surface area contributed by atoms with Crippen LogP contribution in [0.5, 0.6) is 5.75 Å². The predicted molar refractivity (Wildman–Crippen MR) is 96.4 cm³/mol. The summed E-state index contributed by atoms with van der Waals surface area (Å²) in [7, 11) is 1.34. The van der Waals surface area contributed by atoms with Gasteiger partial charge in [-0.2, -0.15) is 13.2 Å². The number of alkyl halides is 3. The molecular weight excluding hydrogens is 391 g/mol. The second-order valence-electron chi connectivity index (χ2n) is 6.71. The second-order valence-corrected chi connectivity index (χ2v) is 6.71. The van der Waals surface area contributed by atoms with Crippen LogP contribution in [0.1, 0.15) is 41.7 Å². The molecule has 1 saturated heterocycles. The maximum Gasteiger partial charge on any atom is 0.434 e. The lowest BCUT2D eigenvalue weighted by molar-refractivity contribution is -0.141. The molecule has 1 atom stereocenters. The molecule has 3 rings (SSSR count). The summed E-state index contributed by atoms with van der Waals surface area (Å²) in [5, 5.41) is 2.32. The number of carbonyl (C=O) groups excluding carboxylic acids is 2. The number of anilines is 1. The van der Waals surface area contributed by atoms with Gasteiger partial charge in [-0.15, -0.1) is 0 Å². The molecule has 1 aliphatic heterocycles. The van der Waals surface area contributed by atoms with E-state index in [1.807, 2.05) is 0 Å². The Balaban J connectivity index is 1.63. The van der Waals surface area contributed by atoms with Gasteiger partial charge < -0.3 is 14.0 Å². The van der Waals surface area contributed by atoms with Crippen molar-refractivity contribution < 1.29 is 32.2 Å². The molecule has 0 aliphatic carbocycles. The van der Waals surface area contributed by atoms with E-state index in [1.54, 1.807) is 0 Å². The number of ether oxygens (including phenoxy) is 2. The van der Waals surface area contributed by atoms with E-state index in [2.05, 4.69) is 10.3 Å². The summed E-state index contributed by atoms with van der Waals surface area (Å²) in [4.78, 5) is 27.8. The average Bonchev–Trinajstić information content (AvgIpc) is 3.03. The summed E-state index contributed by atoms with van der Waals surface area (Å²) >= 11 is 0. The Morgan fingerprint density at radius 1 is 1.34 bits per heavy atom. The van der Waals surface area contributed by atoms with E-state index >= 15 is 0 Å². The number of benzene rings is 1. The highest BCUT2D eigenvalue weighted by atomic mass is 19.4. The summed E-state index contributed by atoms with van der Waals surface area (Å²) in [6.45, 7) is 0.622. The summed E-state index contributed by atoms with van der Waals surface area (Å²) < 4.78 is 50.0. The third-order valence-electron chi connectivity index (χ3n) is 4.39. The Labute approximate surface area is 164 Å². The number of hydrogen-bond donors (Lipinski definition) is 1. The van der Waals surface area contributed by atoms with Crippen LogP contribution in [0.2, 0.25) is 0 Å². The molecule has 2 heterocycles. The van der Waals surface area contributed by atoms with Gasteiger partial charge in [0.2, 0.25) is 5.95 Å². The van der Waals surface area contributed by atoms with Crippen molar-refractivity contribution >= 4 is 17.8 Å². The smallest absolute Gasteiger partial charge is 0.426 e. The van der Waals surface area contributed by atoms with Crippen LogP contribution >= 0.6 is 0 Å². The number of esters is 1. The van der Waals surface area contributed by atoms with Crippen LogP contribution in [-0.2, 0) is 22.8 Å². The Kier molecular flexibility index (Phi) is 6.21. The van der Waals surface area contributed by atoms with E-state index in [-0.39, 0.29) is 29.8 Å². The van der Waals surface area contributed by atoms with Gasteiger partial charge in [0, 0.05) is 25.4 Å². The maximum absolute atomic E-state index is 12.7. The van der Waals surface area contributed by atoms with Gasteiger partial charge in [0.25, 0.3) is 5.91 Å². The lowest BCUT2D eigenvalue weighted by Crippen LogP contribution is -2.24. The highest BCUT2D eigenvalue weighted by molar-refractivity contribution is 6.03. The molecule has 0 saturated carbocycles. The molecule has 0 spiro atoms. The lowest BCUT2D eigenvalue weighted by Gasteiger charge is -2.21. The first-order valence-corrected chi connectivity index (χ1v) is 9.06. The topological polar surface area (TPSA) is 82.5 Å². The van der Waals surface area contributed by atoms with Crippen LogP contribution in [0.4, 0.5) is 19.1 Å². The zero-order chi connectivity index (χ0) is 21.0. The summed E-state index contributed by atoms with van der Waals surface area (Å²) in [6, 6.07) is 5.81. The van der Waals surface area contributed by atoms with Crippen LogP contribution in [0.15, 0.2) is 30.5 Å². The number of aryl methyl sites for hydroxylation is 1. The van der Waals surface area contributed by atoms with Crippen molar-refractivity contribution in [1.82, 2.24) is 9.55 Å². The molecule has 1 aromatic carbocycles. The molecule has 1 aromatic heterocycles. The van der Waals surface area contributed by atoms with Crippen LogP contribution in [-0.4, -0.2) is 34.1 Å². The van der Waals surface area contributed by atoms with Crippen molar-refractivity contribution in [3.05, 3.63) is 41.7 Å². The van der Waals surface area contributed by atoms with Gasteiger partial charge in [-0.25, -0.2) is 4.98 Å². The van der Waals surface area contributed by atoms with Crippen LogP contribution in [0.25, 0.3) is 0 Å². The Hall–Kier alpha value is -2.88. The van der Waals surface area contributed by atoms with Crippen LogP contribution in [0, 0.1) is 0 Å². The molecule has 0 bridgehead atoms. The normalized spacial score (nSPS) is 17.0. The Morgan fingerprint density at radius 2 is 2.14 bits per heavy atom. The Bertz CT molecular complexity index is 889. The molecule has 29 heavy (non-hydrogen) atoms. The minimum atomic E-state index is -4.61. The number of halogens is 3. The molecule has 2 aromatic rings. The van der Waals surface area contributed by atoms with E-state index in [0.717, 1.165) is 30.0 Å². The highest BCUT2D eigenvalue weighted by Crippen LogP contribution is 2.29. The Morgan fingerprint density at radius 3 is 2.79 bits per heavy atom. The number of carbonyl (C=O) groups is 2. The summed E-state index contributed by atoms with van der Waals surface area (Å²) in [5.74, 6) is -1.25. The molecule has 0 radical (unpaired) electrons. The summed E-state index contributed by atoms with van der Waals surface area (Å²) in [5.41, 5.74) is -0.997. The zero-order valence-corrected chi connectivity index (χ0v) is 15.7. The molecule has 1 amide bonds. The first kappa shape index (κ1) is 20.8. The number of nitrogens with zero attached hydrogens (tertiary/aromatic N) is 2. The molecule has 7 nitrogen and oxygen atoms in total. The van der Waals surface area contributed by atoms with Crippen molar-refractivity contribution in [2.75, 3.05) is 11.9 Å². The molecule has 1 N–H and O–H groups in total. The van der Waals surface area contributed by atoms with Crippen molar-refractivity contribution in [3.8, 4) is 5.75 Å².